The van der Waals surface area contributed by atoms with Crippen molar-refractivity contribution < 1.29 is 0 Å². The Hall–Kier alpha value is -2.95. The monoisotopic (exact) mass is 261 g/mol. The van der Waals surface area contributed by atoms with Gasteiger partial charge >= 0.3 is 0 Å². The molecule has 0 unspecified atom stereocenters. The van der Waals surface area contributed by atoms with Crippen molar-refractivity contribution in [1.29, 1.82) is 0 Å². The van der Waals surface area contributed by atoms with Crippen molar-refractivity contribution in [3.05, 3.63) is 61.3 Å². The molecule has 0 atom stereocenters. The number of hydrogen-bond donors (Lipinski definition) is 1. The van der Waals surface area contributed by atoms with Crippen LogP contribution in [0.1, 0.15) is 0 Å². The van der Waals surface area contributed by atoms with Gasteiger partial charge in [0.25, 0.3) is 0 Å². The molecule has 0 saturated carbocycles. The Morgan fingerprint density at radius 3 is 2.60 bits per heavy atom. The van der Waals surface area contributed by atoms with Crippen LogP contribution < -0.4 is 0 Å². The average Bonchev–Trinajstić information content (AvgIpc) is 3.17. The van der Waals surface area contributed by atoms with E-state index in [-0.39, 0.29) is 0 Å². The largest absolute Gasteiger partial charge is 0.285 e. The maximum Gasteiger partial charge on any atom is 0.162 e. The molecule has 0 aliphatic rings. The maximum absolute atomic E-state index is 4.38. The van der Waals surface area contributed by atoms with Crippen LogP contribution in [0.15, 0.2) is 61.3 Å². The zero-order chi connectivity index (χ0) is 13.4. The Balaban J connectivity index is 1.79. The molecule has 96 valence electrons. The predicted molar refractivity (Wildman–Crippen MR) is 76.0 cm³/mol. The van der Waals surface area contributed by atoms with E-state index in [0.29, 0.717) is 0 Å². The molecule has 1 aromatic carbocycles. The number of hydrogen-bond acceptors (Lipinski definition) is 3. The van der Waals surface area contributed by atoms with Gasteiger partial charge in [0.1, 0.15) is 0 Å². The van der Waals surface area contributed by atoms with Crippen molar-refractivity contribution in [2.24, 2.45) is 0 Å². The Morgan fingerprint density at radius 1 is 0.950 bits per heavy atom. The highest BCUT2D eigenvalue weighted by molar-refractivity contribution is 5.78. The lowest BCUT2D eigenvalue weighted by molar-refractivity contribution is 0.939. The SMILES string of the molecule is c1cnc2c(-c3ccc(-c4cn[nH]c4)cc3)cnn2c1. The molecule has 1 N–H and O–H groups in total. The summed E-state index contributed by atoms with van der Waals surface area (Å²) in [5.74, 6) is 0. The average molecular weight is 261 g/mol. The van der Waals surface area contributed by atoms with Crippen LogP contribution in [0.2, 0.25) is 0 Å². The summed E-state index contributed by atoms with van der Waals surface area (Å²) >= 11 is 0. The number of benzene rings is 1. The van der Waals surface area contributed by atoms with Gasteiger partial charge in [-0.15, -0.1) is 0 Å². The third-order valence-corrected chi connectivity index (χ3v) is 3.31. The van der Waals surface area contributed by atoms with Crippen molar-refractivity contribution in [1.82, 2.24) is 24.8 Å². The van der Waals surface area contributed by atoms with Crippen LogP contribution in [0, 0.1) is 0 Å². The van der Waals surface area contributed by atoms with E-state index in [4.69, 9.17) is 0 Å². The van der Waals surface area contributed by atoms with Crippen molar-refractivity contribution >= 4 is 5.65 Å². The Labute approximate surface area is 114 Å². The molecular weight excluding hydrogens is 250 g/mol. The Bertz CT molecular complexity index is 844. The lowest BCUT2D eigenvalue weighted by Crippen LogP contribution is -1.87. The lowest BCUT2D eigenvalue weighted by atomic mass is 10.0. The topological polar surface area (TPSA) is 58.9 Å². The van der Waals surface area contributed by atoms with Gasteiger partial charge in [-0.2, -0.15) is 10.2 Å². The molecule has 0 amide bonds. The quantitative estimate of drug-likeness (QED) is 0.603. The zero-order valence-electron chi connectivity index (χ0n) is 10.6. The van der Waals surface area contributed by atoms with Crippen LogP contribution in [0.3, 0.4) is 0 Å². The fourth-order valence-corrected chi connectivity index (χ4v) is 2.28. The molecule has 4 aromatic rings. The molecule has 5 nitrogen and oxygen atoms in total. The molecule has 0 radical (unpaired) electrons. The van der Waals surface area contributed by atoms with Crippen molar-refractivity contribution in [2.45, 2.75) is 0 Å². The summed E-state index contributed by atoms with van der Waals surface area (Å²) in [6.45, 7) is 0. The summed E-state index contributed by atoms with van der Waals surface area (Å²) < 4.78 is 1.78. The van der Waals surface area contributed by atoms with Gasteiger partial charge in [0, 0.05) is 29.7 Å². The van der Waals surface area contributed by atoms with E-state index in [1.54, 1.807) is 10.7 Å². The lowest BCUT2D eigenvalue weighted by Gasteiger charge is -2.01. The van der Waals surface area contributed by atoms with Crippen molar-refractivity contribution in [2.75, 3.05) is 0 Å². The van der Waals surface area contributed by atoms with E-state index in [1.807, 2.05) is 30.9 Å². The first-order valence-electron chi connectivity index (χ1n) is 6.30. The van der Waals surface area contributed by atoms with Gasteiger partial charge in [0.2, 0.25) is 0 Å². The number of nitrogens with zero attached hydrogens (tertiary/aromatic N) is 4. The highest BCUT2D eigenvalue weighted by atomic mass is 15.2. The Morgan fingerprint density at radius 2 is 1.80 bits per heavy atom. The smallest absolute Gasteiger partial charge is 0.162 e. The first-order chi connectivity index (χ1) is 9.92. The first-order valence-corrected chi connectivity index (χ1v) is 6.30. The number of fused-ring (bicyclic) bond motifs is 1. The second-order valence-electron chi connectivity index (χ2n) is 4.51. The predicted octanol–water partition coefficient (Wildman–Crippen LogP) is 2.79. The minimum atomic E-state index is 0.864. The number of nitrogens with one attached hydrogen (secondary N) is 1. The summed E-state index contributed by atoms with van der Waals surface area (Å²) in [6, 6.07) is 10.2. The van der Waals surface area contributed by atoms with Crippen LogP contribution in [0.5, 0.6) is 0 Å². The van der Waals surface area contributed by atoms with Gasteiger partial charge in [0.05, 0.1) is 12.4 Å². The first kappa shape index (κ1) is 10.9. The molecule has 5 heteroatoms. The third-order valence-electron chi connectivity index (χ3n) is 3.31. The fourth-order valence-electron chi connectivity index (χ4n) is 2.28. The van der Waals surface area contributed by atoms with Crippen molar-refractivity contribution in [3.63, 3.8) is 0 Å². The standard InChI is InChI=1S/C15H11N5/c1-6-16-15-14(10-19-20(15)7-1)12-4-2-11(3-5-12)13-8-17-18-9-13/h1-10H,(H,17,18). The second kappa shape index (κ2) is 4.31. The number of H-pyrrole nitrogens is 1. The maximum atomic E-state index is 4.38. The normalized spacial score (nSPS) is 11.0. The fraction of sp³-hybridized carbons (Fsp3) is 0. The molecule has 3 aromatic heterocycles. The minimum Gasteiger partial charge on any atom is -0.285 e. The molecule has 0 aliphatic carbocycles. The van der Waals surface area contributed by atoms with Crippen LogP contribution in [0.4, 0.5) is 0 Å². The molecule has 0 aliphatic heterocycles. The minimum absolute atomic E-state index is 0.864. The molecule has 0 bridgehead atoms. The summed E-state index contributed by atoms with van der Waals surface area (Å²) in [7, 11) is 0. The van der Waals surface area contributed by atoms with Gasteiger partial charge in [-0.05, 0) is 17.2 Å². The van der Waals surface area contributed by atoms with Crippen LogP contribution in [0.25, 0.3) is 27.9 Å². The van der Waals surface area contributed by atoms with E-state index in [0.717, 1.165) is 27.9 Å². The molecule has 0 saturated heterocycles. The van der Waals surface area contributed by atoms with E-state index >= 15 is 0 Å². The van der Waals surface area contributed by atoms with Gasteiger partial charge in [-0.3, -0.25) is 5.10 Å². The summed E-state index contributed by atoms with van der Waals surface area (Å²) in [4.78, 5) is 4.38. The van der Waals surface area contributed by atoms with Gasteiger partial charge in [-0.25, -0.2) is 9.50 Å². The molecule has 3 heterocycles. The third kappa shape index (κ3) is 1.68. The second-order valence-corrected chi connectivity index (χ2v) is 4.51. The van der Waals surface area contributed by atoms with Gasteiger partial charge < -0.3 is 0 Å². The van der Waals surface area contributed by atoms with Gasteiger partial charge in [-0.1, -0.05) is 24.3 Å². The molecule has 4 rings (SSSR count). The summed E-state index contributed by atoms with van der Waals surface area (Å²) in [6.07, 6.45) is 9.21. The highest BCUT2D eigenvalue weighted by Gasteiger charge is 2.07. The van der Waals surface area contributed by atoms with E-state index in [9.17, 15) is 0 Å². The highest BCUT2D eigenvalue weighted by Crippen LogP contribution is 2.26. The zero-order valence-corrected chi connectivity index (χ0v) is 10.6. The van der Waals surface area contributed by atoms with Crippen molar-refractivity contribution in [3.8, 4) is 22.3 Å². The number of rotatable bonds is 2. The van der Waals surface area contributed by atoms with Crippen LogP contribution >= 0.6 is 0 Å². The Kier molecular flexibility index (Phi) is 2.35. The molecule has 0 fully saturated rings. The van der Waals surface area contributed by atoms with Crippen LogP contribution in [-0.2, 0) is 0 Å². The molecule has 0 spiro atoms. The summed E-state index contributed by atoms with van der Waals surface area (Å²) in [5, 5.41) is 11.1. The number of aromatic amines is 1. The van der Waals surface area contributed by atoms with E-state index in [2.05, 4.69) is 44.5 Å². The summed E-state index contributed by atoms with van der Waals surface area (Å²) in [5.41, 5.74) is 5.21. The van der Waals surface area contributed by atoms with Gasteiger partial charge in [0.15, 0.2) is 5.65 Å². The van der Waals surface area contributed by atoms with E-state index in [1.165, 1.54) is 0 Å². The molecular formula is C15H11N5. The molecule has 20 heavy (non-hydrogen) atoms. The van der Waals surface area contributed by atoms with E-state index < -0.39 is 0 Å². The van der Waals surface area contributed by atoms with Crippen LogP contribution in [-0.4, -0.2) is 24.8 Å². The number of aromatic nitrogens is 5.